The normalized spacial score (nSPS) is 15.7. The Balaban J connectivity index is 1.46. The molecule has 1 aliphatic rings. The smallest absolute Gasteiger partial charge is 0.220 e. The van der Waals surface area contributed by atoms with Crippen LogP contribution in [0, 0.1) is 11.7 Å². The van der Waals surface area contributed by atoms with Crippen LogP contribution < -0.4 is 15.0 Å². The van der Waals surface area contributed by atoms with Crippen LogP contribution in [0.15, 0.2) is 42.5 Å². The van der Waals surface area contributed by atoms with Crippen molar-refractivity contribution in [3.8, 4) is 5.75 Å². The molecule has 1 amide bonds. The van der Waals surface area contributed by atoms with Crippen LogP contribution in [0.25, 0.3) is 0 Å². The Bertz CT molecular complexity index is 869. The van der Waals surface area contributed by atoms with Gasteiger partial charge in [0.1, 0.15) is 0 Å². The van der Waals surface area contributed by atoms with Gasteiger partial charge in [-0.1, -0.05) is 18.2 Å². The number of carbonyl (C=O) groups excluding carboxylic acids is 2. The summed E-state index contributed by atoms with van der Waals surface area (Å²) in [4.78, 5) is 26.5. The third-order valence-corrected chi connectivity index (χ3v) is 5.08. The number of Topliss-reactive ketones (excluding diaryl/α,β-unsaturated/α-hetero) is 1. The lowest BCUT2D eigenvalue weighted by Gasteiger charge is -2.33. The molecule has 148 valence electrons. The average Bonchev–Trinajstić information content (AvgIpc) is 2.70. The highest BCUT2D eigenvalue weighted by atomic mass is 19.1. The van der Waals surface area contributed by atoms with Crippen LogP contribution in [0.4, 0.5) is 10.1 Å². The predicted molar refractivity (Wildman–Crippen MR) is 106 cm³/mol. The van der Waals surface area contributed by atoms with Crippen molar-refractivity contribution in [3.05, 3.63) is 59.4 Å². The van der Waals surface area contributed by atoms with Crippen molar-refractivity contribution in [3.63, 3.8) is 0 Å². The maximum atomic E-state index is 13.7. The van der Waals surface area contributed by atoms with Gasteiger partial charge in [-0.25, -0.2) is 4.39 Å². The summed E-state index contributed by atoms with van der Waals surface area (Å²) < 4.78 is 18.6. The molecule has 1 aliphatic heterocycles. The predicted octanol–water partition coefficient (Wildman–Crippen LogP) is 3.22. The van der Waals surface area contributed by atoms with Gasteiger partial charge in [0.15, 0.2) is 17.3 Å². The van der Waals surface area contributed by atoms with Crippen molar-refractivity contribution in [2.24, 2.45) is 5.92 Å². The molecule has 5 nitrogen and oxygen atoms in total. The SMILES string of the molecule is COc1ccc(C(=O)CCC(=O)NCC2Cc3ccccc3N(C)C2)cc1F. The minimum Gasteiger partial charge on any atom is -0.494 e. The lowest BCUT2D eigenvalue weighted by Crippen LogP contribution is -2.39. The van der Waals surface area contributed by atoms with Crippen molar-refractivity contribution in [2.45, 2.75) is 19.3 Å². The molecule has 0 saturated heterocycles. The molecular formula is C22H25FN2O3. The third kappa shape index (κ3) is 4.68. The zero-order valence-electron chi connectivity index (χ0n) is 16.2. The Morgan fingerprint density at radius 1 is 1.21 bits per heavy atom. The van der Waals surface area contributed by atoms with Gasteiger partial charge in [0.05, 0.1) is 7.11 Å². The fraction of sp³-hybridized carbons (Fsp3) is 0.364. The van der Waals surface area contributed by atoms with Gasteiger partial charge < -0.3 is 15.0 Å². The lowest BCUT2D eigenvalue weighted by molar-refractivity contribution is -0.121. The number of nitrogens with zero attached hydrogens (tertiary/aromatic N) is 1. The van der Waals surface area contributed by atoms with E-state index in [1.54, 1.807) is 0 Å². The molecule has 1 unspecified atom stereocenters. The van der Waals surface area contributed by atoms with Gasteiger partial charge in [0, 0.05) is 44.2 Å². The summed E-state index contributed by atoms with van der Waals surface area (Å²) in [6.07, 6.45) is 1.06. The quantitative estimate of drug-likeness (QED) is 0.745. The number of rotatable bonds is 7. The van der Waals surface area contributed by atoms with E-state index in [0.29, 0.717) is 12.5 Å². The number of benzene rings is 2. The van der Waals surface area contributed by atoms with Crippen molar-refractivity contribution < 1.29 is 18.7 Å². The van der Waals surface area contributed by atoms with Gasteiger partial charge in [-0.2, -0.15) is 0 Å². The van der Waals surface area contributed by atoms with Crippen LogP contribution in [0.1, 0.15) is 28.8 Å². The van der Waals surface area contributed by atoms with Crippen LogP contribution in [0.5, 0.6) is 5.75 Å². The van der Waals surface area contributed by atoms with Crippen LogP contribution in [0.3, 0.4) is 0 Å². The molecular weight excluding hydrogens is 359 g/mol. The first-order valence-corrected chi connectivity index (χ1v) is 9.40. The maximum absolute atomic E-state index is 13.7. The number of halogens is 1. The minimum atomic E-state index is -0.584. The summed E-state index contributed by atoms with van der Waals surface area (Å²) in [6, 6.07) is 12.4. The van der Waals surface area contributed by atoms with E-state index in [0.717, 1.165) is 19.0 Å². The highest BCUT2D eigenvalue weighted by molar-refractivity contribution is 5.98. The fourth-order valence-corrected chi connectivity index (χ4v) is 3.61. The number of para-hydroxylation sites is 1. The Morgan fingerprint density at radius 2 is 2.00 bits per heavy atom. The summed E-state index contributed by atoms with van der Waals surface area (Å²) in [5, 5.41) is 2.93. The van der Waals surface area contributed by atoms with Crippen molar-refractivity contribution in [1.29, 1.82) is 0 Å². The number of ketones is 1. The molecule has 2 aromatic carbocycles. The number of fused-ring (bicyclic) bond motifs is 1. The fourth-order valence-electron chi connectivity index (χ4n) is 3.61. The molecule has 1 N–H and O–H groups in total. The Kier molecular flexibility index (Phi) is 6.29. The number of amides is 1. The molecule has 0 saturated carbocycles. The summed E-state index contributed by atoms with van der Waals surface area (Å²) >= 11 is 0. The number of hydrogen-bond donors (Lipinski definition) is 1. The van der Waals surface area contributed by atoms with Gasteiger partial charge in [-0.15, -0.1) is 0 Å². The van der Waals surface area contributed by atoms with Gasteiger partial charge >= 0.3 is 0 Å². The van der Waals surface area contributed by atoms with E-state index in [1.165, 1.54) is 30.5 Å². The van der Waals surface area contributed by atoms with Gasteiger partial charge in [-0.3, -0.25) is 9.59 Å². The first kappa shape index (κ1) is 19.9. The largest absolute Gasteiger partial charge is 0.494 e. The molecule has 1 atom stereocenters. The van der Waals surface area contributed by atoms with Crippen LogP contribution in [-0.2, 0) is 11.2 Å². The summed E-state index contributed by atoms with van der Waals surface area (Å²) in [5.74, 6) is -0.588. The first-order valence-electron chi connectivity index (χ1n) is 9.40. The molecule has 0 spiro atoms. The number of methoxy groups -OCH3 is 1. The highest BCUT2D eigenvalue weighted by Gasteiger charge is 2.22. The Hall–Kier alpha value is -2.89. The maximum Gasteiger partial charge on any atom is 0.220 e. The topological polar surface area (TPSA) is 58.6 Å². The van der Waals surface area contributed by atoms with E-state index in [-0.39, 0.29) is 35.8 Å². The highest BCUT2D eigenvalue weighted by Crippen LogP contribution is 2.28. The van der Waals surface area contributed by atoms with E-state index in [2.05, 4.69) is 29.4 Å². The molecule has 6 heteroatoms. The summed E-state index contributed by atoms with van der Waals surface area (Å²) in [6.45, 7) is 1.45. The second-order valence-corrected chi connectivity index (χ2v) is 7.16. The van der Waals surface area contributed by atoms with Crippen molar-refractivity contribution in [1.82, 2.24) is 5.32 Å². The molecule has 0 radical (unpaired) electrons. The molecule has 0 bridgehead atoms. The number of hydrogen-bond acceptors (Lipinski definition) is 4. The summed E-state index contributed by atoms with van der Waals surface area (Å²) in [7, 11) is 3.42. The number of nitrogens with one attached hydrogen (secondary N) is 1. The van der Waals surface area contributed by atoms with E-state index in [9.17, 15) is 14.0 Å². The number of carbonyl (C=O) groups is 2. The molecule has 2 aromatic rings. The Morgan fingerprint density at radius 3 is 2.75 bits per heavy atom. The zero-order valence-corrected chi connectivity index (χ0v) is 16.2. The average molecular weight is 384 g/mol. The monoisotopic (exact) mass is 384 g/mol. The van der Waals surface area contributed by atoms with Crippen LogP contribution in [-0.4, -0.2) is 38.9 Å². The van der Waals surface area contributed by atoms with Crippen molar-refractivity contribution >= 4 is 17.4 Å². The molecule has 28 heavy (non-hydrogen) atoms. The molecule has 0 aromatic heterocycles. The molecule has 0 fully saturated rings. The zero-order chi connectivity index (χ0) is 20.1. The Labute approximate surface area is 164 Å². The van der Waals surface area contributed by atoms with Crippen molar-refractivity contribution in [2.75, 3.05) is 32.1 Å². The second-order valence-electron chi connectivity index (χ2n) is 7.16. The second kappa shape index (κ2) is 8.87. The summed E-state index contributed by atoms with van der Waals surface area (Å²) in [5.41, 5.74) is 2.77. The minimum absolute atomic E-state index is 0.0466. The molecule has 3 rings (SSSR count). The lowest BCUT2D eigenvalue weighted by atomic mass is 9.92. The van der Waals surface area contributed by atoms with Gasteiger partial charge in [0.25, 0.3) is 0 Å². The van der Waals surface area contributed by atoms with E-state index in [4.69, 9.17) is 4.74 Å². The van der Waals surface area contributed by atoms with Gasteiger partial charge in [0.2, 0.25) is 5.91 Å². The van der Waals surface area contributed by atoms with E-state index < -0.39 is 5.82 Å². The number of ether oxygens (including phenoxy) is 1. The van der Waals surface area contributed by atoms with Crippen LogP contribution >= 0.6 is 0 Å². The first-order chi connectivity index (χ1) is 13.5. The molecule has 1 heterocycles. The number of anilines is 1. The van der Waals surface area contributed by atoms with E-state index in [1.807, 2.05) is 12.1 Å². The molecule has 0 aliphatic carbocycles. The van der Waals surface area contributed by atoms with Gasteiger partial charge in [-0.05, 0) is 42.2 Å². The standard InChI is InChI=1S/C22H25FN2O3/c1-25-14-15(11-16-5-3-4-6-19(16)25)13-24-22(27)10-8-20(26)17-7-9-21(28-2)18(23)12-17/h3-7,9,12,15H,8,10-11,13-14H2,1-2H3,(H,24,27). The van der Waals surface area contributed by atoms with E-state index >= 15 is 0 Å². The van der Waals surface area contributed by atoms with Crippen LogP contribution in [0.2, 0.25) is 0 Å². The third-order valence-electron chi connectivity index (χ3n) is 5.08.